The van der Waals surface area contributed by atoms with Crippen molar-refractivity contribution < 1.29 is 5.11 Å². The Labute approximate surface area is 125 Å². The Morgan fingerprint density at radius 2 is 1.67 bits per heavy atom. The van der Waals surface area contributed by atoms with Crippen LogP contribution < -0.4 is 15.5 Å². The van der Waals surface area contributed by atoms with E-state index in [0.717, 1.165) is 45.4 Å². The van der Waals surface area contributed by atoms with Crippen LogP contribution in [0, 0.1) is 5.92 Å². The first kappa shape index (κ1) is 14.3. The minimum atomic E-state index is 0.247. The van der Waals surface area contributed by atoms with Gasteiger partial charge in [0.1, 0.15) is 0 Å². The molecule has 3 N–H and O–H groups in total. The Balaban J connectivity index is 1.77. The van der Waals surface area contributed by atoms with Gasteiger partial charge in [-0.25, -0.2) is 0 Å². The second kappa shape index (κ2) is 6.43. The van der Waals surface area contributed by atoms with Gasteiger partial charge in [0.05, 0.1) is 0 Å². The Morgan fingerprint density at radius 1 is 1.00 bits per heavy atom. The summed E-state index contributed by atoms with van der Waals surface area (Å²) < 4.78 is 0. The van der Waals surface area contributed by atoms with Crippen molar-refractivity contribution in [3.8, 4) is 0 Å². The van der Waals surface area contributed by atoms with Crippen LogP contribution in [0.15, 0.2) is 0 Å². The molecule has 0 aliphatic carbocycles. The van der Waals surface area contributed by atoms with Crippen LogP contribution in [-0.2, 0) is 0 Å². The molecule has 2 fully saturated rings. The molecule has 1 aromatic heterocycles. The van der Waals surface area contributed by atoms with Crippen molar-refractivity contribution >= 4 is 17.8 Å². The molecular weight excluding hydrogens is 268 g/mol. The molecule has 2 saturated heterocycles. The lowest BCUT2D eigenvalue weighted by Gasteiger charge is -2.32. The molecule has 0 bridgehead atoms. The molecule has 0 saturated carbocycles. The summed E-state index contributed by atoms with van der Waals surface area (Å²) in [6, 6.07) is 0. The number of hydrogen-bond acceptors (Lipinski definition) is 7. The maximum absolute atomic E-state index is 9.12. The van der Waals surface area contributed by atoms with Crippen LogP contribution in [0.25, 0.3) is 0 Å². The predicted octanol–water partition coefficient (Wildman–Crippen LogP) is 0.653. The lowest BCUT2D eigenvalue weighted by molar-refractivity contribution is 0.244. The van der Waals surface area contributed by atoms with Crippen molar-refractivity contribution in [2.45, 2.75) is 32.1 Å². The third-order valence-electron chi connectivity index (χ3n) is 4.36. The minimum Gasteiger partial charge on any atom is -0.396 e. The molecule has 0 amide bonds. The van der Waals surface area contributed by atoms with Crippen molar-refractivity contribution in [2.75, 3.05) is 48.3 Å². The average Bonchev–Trinajstić information content (AvgIpc) is 3.01. The highest BCUT2D eigenvalue weighted by Crippen LogP contribution is 2.25. The van der Waals surface area contributed by atoms with E-state index in [1.807, 2.05) is 0 Å². The fourth-order valence-electron chi connectivity index (χ4n) is 3.23. The van der Waals surface area contributed by atoms with Crippen LogP contribution in [-0.4, -0.2) is 52.8 Å². The highest BCUT2D eigenvalue weighted by molar-refractivity contribution is 5.44. The summed E-state index contributed by atoms with van der Waals surface area (Å²) >= 11 is 0. The Bertz CT molecular complexity index is 475. The number of piperidine rings is 1. The number of hydrogen-bond donors (Lipinski definition) is 2. The van der Waals surface area contributed by atoms with Crippen LogP contribution in [0.4, 0.5) is 17.8 Å². The highest BCUT2D eigenvalue weighted by atomic mass is 16.3. The largest absolute Gasteiger partial charge is 0.396 e. The van der Waals surface area contributed by atoms with Crippen LogP contribution in [0.3, 0.4) is 0 Å². The first-order valence-electron chi connectivity index (χ1n) is 7.88. The van der Waals surface area contributed by atoms with E-state index < -0.39 is 0 Å². The number of nitrogen functional groups attached to an aromatic ring is 1. The van der Waals surface area contributed by atoms with Crippen LogP contribution in [0.5, 0.6) is 0 Å². The van der Waals surface area contributed by atoms with Crippen molar-refractivity contribution in [3.05, 3.63) is 0 Å². The van der Waals surface area contributed by atoms with E-state index in [-0.39, 0.29) is 6.61 Å². The van der Waals surface area contributed by atoms with Gasteiger partial charge in [-0.2, -0.15) is 15.0 Å². The van der Waals surface area contributed by atoms with E-state index in [9.17, 15) is 0 Å². The third kappa shape index (κ3) is 3.34. The monoisotopic (exact) mass is 292 g/mol. The SMILES string of the molecule is Nc1nc(N2CCCC2)nc(N2CCCC(CCO)C2)n1. The molecule has 7 heteroatoms. The lowest BCUT2D eigenvalue weighted by Crippen LogP contribution is -2.37. The number of nitrogens with two attached hydrogens (primary N) is 1. The molecule has 7 nitrogen and oxygen atoms in total. The van der Waals surface area contributed by atoms with Gasteiger partial charge >= 0.3 is 0 Å². The van der Waals surface area contributed by atoms with Gasteiger partial charge in [0, 0.05) is 32.8 Å². The zero-order valence-electron chi connectivity index (χ0n) is 12.4. The second-order valence-electron chi connectivity index (χ2n) is 5.95. The van der Waals surface area contributed by atoms with Crippen LogP contribution in [0.1, 0.15) is 32.1 Å². The highest BCUT2D eigenvalue weighted by Gasteiger charge is 2.24. The van der Waals surface area contributed by atoms with Gasteiger partial charge in [-0.15, -0.1) is 0 Å². The van der Waals surface area contributed by atoms with E-state index >= 15 is 0 Å². The molecule has 116 valence electrons. The fourth-order valence-corrected chi connectivity index (χ4v) is 3.23. The molecular formula is C14H24N6O. The summed E-state index contributed by atoms with van der Waals surface area (Å²) in [7, 11) is 0. The molecule has 3 heterocycles. The smallest absolute Gasteiger partial charge is 0.231 e. The number of rotatable bonds is 4. The average molecular weight is 292 g/mol. The predicted molar refractivity (Wildman–Crippen MR) is 82.3 cm³/mol. The van der Waals surface area contributed by atoms with Gasteiger partial charge in [-0.3, -0.25) is 0 Å². The Kier molecular flexibility index (Phi) is 4.38. The fraction of sp³-hybridized carbons (Fsp3) is 0.786. The quantitative estimate of drug-likeness (QED) is 0.842. The van der Waals surface area contributed by atoms with Crippen molar-refractivity contribution in [1.29, 1.82) is 0 Å². The molecule has 2 aliphatic rings. The summed E-state index contributed by atoms with van der Waals surface area (Å²) in [5.41, 5.74) is 5.87. The number of aliphatic hydroxyl groups excluding tert-OH is 1. The summed E-state index contributed by atoms with van der Waals surface area (Å²) in [6.45, 7) is 4.08. The van der Waals surface area contributed by atoms with E-state index in [1.54, 1.807) is 0 Å². The standard InChI is InChI=1S/C14H24N6O/c15-12-16-13(19-6-1-2-7-19)18-14(17-12)20-8-3-4-11(10-20)5-9-21/h11,21H,1-10H2,(H2,15,16,17,18). The van der Waals surface area contributed by atoms with E-state index in [4.69, 9.17) is 10.8 Å². The normalized spacial score (nSPS) is 22.8. The summed E-state index contributed by atoms with van der Waals surface area (Å²) in [5.74, 6) is 2.20. The van der Waals surface area contributed by atoms with Crippen molar-refractivity contribution in [3.63, 3.8) is 0 Å². The maximum Gasteiger partial charge on any atom is 0.231 e. The van der Waals surface area contributed by atoms with Crippen molar-refractivity contribution in [2.24, 2.45) is 5.92 Å². The number of nitrogens with zero attached hydrogens (tertiary/aromatic N) is 5. The van der Waals surface area contributed by atoms with Gasteiger partial charge in [0.25, 0.3) is 0 Å². The third-order valence-corrected chi connectivity index (χ3v) is 4.36. The van der Waals surface area contributed by atoms with E-state index in [2.05, 4.69) is 24.8 Å². The number of aliphatic hydroxyl groups is 1. The molecule has 0 radical (unpaired) electrons. The van der Waals surface area contributed by atoms with Gasteiger partial charge in [-0.05, 0) is 38.0 Å². The second-order valence-corrected chi connectivity index (χ2v) is 5.95. The topological polar surface area (TPSA) is 91.4 Å². The molecule has 3 rings (SSSR count). The van der Waals surface area contributed by atoms with Crippen LogP contribution >= 0.6 is 0 Å². The van der Waals surface area contributed by atoms with Gasteiger partial charge < -0.3 is 20.6 Å². The maximum atomic E-state index is 9.12. The van der Waals surface area contributed by atoms with Crippen LogP contribution in [0.2, 0.25) is 0 Å². The summed E-state index contributed by atoms with van der Waals surface area (Å²) in [6.07, 6.45) is 5.48. The van der Waals surface area contributed by atoms with Gasteiger partial charge in [0.2, 0.25) is 17.8 Å². The van der Waals surface area contributed by atoms with E-state index in [1.165, 1.54) is 12.8 Å². The molecule has 1 unspecified atom stereocenters. The molecule has 2 aliphatic heterocycles. The molecule has 0 aromatic carbocycles. The first-order chi connectivity index (χ1) is 10.3. The Morgan fingerprint density at radius 3 is 2.38 bits per heavy atom. The summed E-state index contributed by atoms with van der Waals surface area (Å²) in [4.78, 5) is 17.6. The zero-order valence-corrected chi connectivity index (χ0v) is 12.4. The van der Waals surface area contributed by atoms with Crippen molar-refractivity contribution in [1.82, 2.24) is 15.0 Å². The Hall–Kier alpha value is -1.63. The molecule has 21 heavy (non-hydrogen) atoms. The molecule has 1 atom stereocenters. The molecule has 0 spiro atoms. The first-order valence-corrected chi connectivity index (χ1v) is 7.88. The van der Waals surface area contributed by atoms with Gasteiger partial charge in [-0.1, -0.05) is 0 Å². The van der Waals surface area contributed by atoms with Gasteiger partial charge in [0.15, 0.2) is 0 Å². The zero-order chi connectivity index (χ0) is 14.7. The lowest BCUT2D eigenvalue weighted by atomic mass is 9.95. The summed E-state index contributed by atoms with van der Waals surface area (Å²) in [5, 5.41) is 9.12. The molecule has 1 aromatic rings. The minimum absolute atomic E-state index is 0.247. The number of anilines is 3. The van der Waals surface area contributed by atoms with E-state index in [0.29, 0.717) is 23.8 Å². The number of aromatic nitrogens is 3.